The van der Waals surface area contributed by atoms with E-state index in [4.69, 9.17) is 0 Å². The monoisotopic (exact) mass is 339 g/mol. The van der Waals surface area contributed by atoms with Crippen molar-refractivity contribution in [1.29, 1.82) is 0 Å². The Bertz CT molecular complexity index is 1260. The van der Waals surface area contributed by atoms with Crippen LogP contribution >= 0.6 is 0 Å². The molecule has 126 valence electrons. The van der Waals surface area contributed by atoms with Gasteiger partial charge in [-0.1, -0.05) is 36.4 Å². The molecule has 0 bridgehead atoms. The summed E-state index contributed by atoms with van der Waals surface area (Å²) < 4.78 is 6.33. The molecular weight excluding hydrogens is 320 g/mol. The van der Waals surface area contributed by atoms with E-state index in [0.29, 0.717) is 0 Å². The highest BCUT2D eigenvalue weighted by Crippen LogP contribution is 2.27. The fraction of sp³-hybridized carbons (Fsp3) is 0.0909. The van der Waals surface area contributed by atoms with Gasteiger partial charge in [-0.3, -0.25) is 4.40 Å². The quantitative estimate of drug-likeness (QED) is 0.447. The zero-order chi connectivity index (χ0) is 17.7. The Morgan fingerprint density at radius 1 is 0.923 bits per heavy atom. The molecule has 0 radical (unpaired) electrons. The van der Waals surface area contributed by atoms with E-state index in [2.05, 4.69) is 99.6 Å². The number of hydrogen-bond acceptors (Lipinski definition) is 1. The summed E-state index contributed by atoms with van der Waals surface area (Å²) in [5.41, 5.74) is 4.73. The van der Waals surface area contributed by atoms with Crippen LogP contribution in [0.25, 0.3) is 39.1 Å². The lowest BCUT2D eigenvalue weighted by Crippen LogP contribution is -2.30. The van der Waals surface area contributed by atoms with E-state index in [0.717, 1.165) is 17.2 Å². The Morgan fingerprint density at radius 3 is 2.58 bits per heavy atom. The average Bonchev–Trinajstić information content (AvgIpc) is 3.25. The Balaban J connectivity index is 1.68. The second-order valence-electron chi connectivity index (χ2n) is 6.68. The van der Waals surface area contributed by atoms with E-state index < -0.39 is 0 Å². The van der Waals surface area contributed by atoms with Gasteiger partial charge in [0.25, 0.3) is 0 Å². The average molecular weight is 339 g/mol. The Kier molecular flexibility index (Phi) is 3.19. The second kappa shape index (κ2) is 5.56. The van der Waals surface area contributed by atoms with E-state index in [-0.39, 0.29) is 0 Å². The van der Waals surface area contributed by atoms with E-state index in [1.165, 1.54) is 21.9 Å². The maximum atomic E-state index is 4.43. The third kappa shape index (κ3) is 2.23. The van der Waals surface area contributed by atoms with Crippen molar-refractivity contribution in [3.63, 3.8) is 0 Å². The smallest absolute Gasteiger partial charge is 0.231 e. The lowest BCUT2D eigenvalue weighted by molar-refractivity contribution is -0.660. The Hall–Kier alpha value is -3.40. The summed E-state index contributed by atoms with van der Waals surface area (Å²) in [6, 6.07) is 19.5. The number of fused-ring (bicyclic) bond motifs is 2. The molecule has 0 unspecified atom stereocenters. The van der Waals surface area contributed by atoms with Crippen molar-refractivity contribution < 1.29 is 4.57 Å². The molecule has 3 aromatic heterocycles. The summed E-state index contributed by atoms with van der Waals surface area (Å²) in [5, 5.41) is 2.53. The van der Waals surface area contributed by atoms with Crippen LogP contribution < -0.4 is 4.57 Å². The highest BCUT2D eigenvalue weighted by Gasteiger charge is 2.18. The van der Waals surface area contributed by atoms with E-state index in [1.807, 2.05) is 12.4 Å². The second-order valence-corrected chi connectivity index (χ2v) is 6.68. The molecule has 26 heavy (non-hydrogen) atoms. The van der Waals surface area contributed by atoms with Gasteiger partial charge in [-0.2, -0.15) is 4.57 Å². The van der Waals surface area contributed by atoms with Gasteiger partial charge in [0.05, 0.1) is 0 Å². The molecule has 0 amide bonds. The highest BCUT2D eigenvalue weighted by atomic mass is 15.2. The number of benzene rings is 2. The fourth-order valence-corrected chi connectivity index (χ4v) is 3.60. The van der Waals surface area contributed by atoms with Crippen molar-refractivity contribution in [1.82, 2.24) is 14.0 Å². The van der Waals surface area contributed by atoms with Gasteiger partial charge in [-0.15, -0.1) is 0 Å². The first-order valence-electron chi connectivity index (χ1n) is 8.68. The highest BCUT2D eigenvalue weighted by molar-refractivity contribution is 5.87. The van der Waals surface area contributed by atoms with Crippen molar-refractivity contribution in [2.75, 3.05) is 0 Å². The first-order chi connectivity index (χ1) is 12.7. The number of pyridine rings is 1. The predicted octanol–water partition coefficient (Wildman–Crippen LogP) is 3.98. The molecule has 0 aliphatic rings. The van der Waals surface area contributed by atoms with Gasteiger partial charge in [-0.25, -0.2) is 4.98 Å². The van der Waals surface area contributed by atoms with E-state index >= 15 is 0 Å². The van der Waals surface area contributed by atoms with E-state index in [9.17, 15) is 0 Å². The summed E-state index contributed by atoms with van der Waals surface area (Å²) in [7, 11) is 4.13. The van der Waals surface area contributed by atoms with Crippen molar-refractivity contribution in [3.05, 3.63) is 79.4 Å². The van der Waals surface area contributed by atoms with Crippen LogP contribution in [0, 0.1) is 0 Å². The summed E-state index contributed by atoms with van der Waals surface area (Å²) in [5.74, 6) is 0.941. The number of imidazole rings is 2. The van der Waals surface area contributed by atoms with Crippen LogP contribution in [0.15, 0.2) is 79.4 Å². The SMILES string of the molecule is Cn1c(-c2cc(-c3ccc4ccccc4c3)cc[n+]2C)cn2ccnc12. The minimum absolute atomic E-state index is 0.941. The lowest BCUT2D eigenvalue weighted by Gasteiger charge is -2.07. The molecule has 5 aromatic rings. The zero-order valence-electron chi connectivity index (χ0n) is 14.8. The molecule has 0 N–H and O–H groups in total. The largest absolute Gasteiger partial charge is 0.308 e. The normalized spacial score (nSPS) is 11.5. The van der Waals surface area contributed by atoms with Gasteiger partial charge in [-0.05, 0) is 28.0 Å². The van der Waals surface area contributed by atoms with Gasteiger partial charge in [0.15, 0.2) is 6.20 Å². The van der Waals surface area contributed by atoms with Crippen LogP contribution in [-0.2, 0) is 14.1 Å². The molecule has 0 fully saturated rings. The molecule has 4 heteroatoms. The molecule has 0 saturated heterocycles. The molecule has 0 saturated carbocycles. The molecule has 3 heterocycles. The topological polar surface area (TPSA) is 26.1 Å². The summed E-state index contributed by atoms with van der Waals surface area (Å²) in [6.07, 6.45) is 8.05. The Labute approximate surface area is 151 Å². The molecule has 0 spiro atoms. The van der Waals surface area contributed by atoms with Crippen LogP contribution in [0.5, 0.6) is 0 Å². The maximum Gasteiger partial charge on any atom is 0.231 e. The molecule has 0 atom stereocenters. The molecule has 5 rings (SSSR count). The van der Waals surface area contributed by atoms with Crippen LogP contribution in [0.4, 0.5) is 0 Å². The van der Waals surface area contributed by atoms with Gasteiger partial charge in [0.2, 0.25) is 11.5 Å². The molecule has 4 nitrogen and oxygen atoms in total. The fourth-order valence-electron chi connectivity index (χ4n) is 3.60. The van der Waals surface area contributed by atoms with E-state index in [1.54, 1.807) is 0 Å². The zero-order valence-corrected chi connectivity index (χ0v) is 14.8. The number of hydrogen-bond donors (Lipinski definition) is 0. The lowest BCUT2D eigenvalue weighted by atomic mass is 10.0. The van der Waals surface area contributed by atoms with Crippen LogP contribution in [0.2, 0.25) is 0 Å². The van der Waals surface area contributed by atoms with Crippen molar-refractivity contribution in [3.8, 4) is 22.5 Å². The molecule has 0 aliphatic heterocycles. The number of aryl methyl sites for hydroxylation is 2. The summed E-state index contributed by atoms with van der Waals surface area (Å²) >= 11 is 0. The first kappa shape index (κ1) is 14.9. The van der Waals surface area contributed by atoms with Gasteiger partial charge in [0.1, 0.15) is 12.7 Å². The number of nitrogens with zero attached hydrogens (tertiary/aromatic N) is 4. The van der Waals surface area contributed by atoms with Crippen molar-refractivity contribution in [2.45, 2.75) is 0 Å². The minimum atomic E-state index is 0.941. The maximum absolute atomic E-state index is 4.43. The number of aromatic nitrogens is 4. The molecule has 2 aromatic carbocycles. The minimum Gasteiger partial charge on any atom is -0.308 e. The van der Waals surface area contributed by atoms with Crippen molar-refractivity contribution >= 4 is 16.6 Å². The van der Waals surface area contributed by atoms with Crippen molar-refractivity contribution in [2.24, 2.45) is 14.1 Å². The molecule has 0 aliphatic carbocycles. The summed E-state index contributed by atoms with van der Waals surface area (Å²) in [6.45, 7) is 0. The van der Waals surface area contributed by atoms with Crippen LogP contribution in [-0.4, -0.2) is 14.0 Å². The van der Waals surface area contributed by atoms with Crippen LogP contribution in [0.1, 0.15) is 0 Å². The van der Waals surface area contributed by atoms with Gasteiger partial charge >= 0.3 is 0 Å². The predicted molar refractivity (Wildman–Crippen MR) is 104 cm³/mol. The first-order valence-corrected chi connectivity index (χ1v) is 8.68. The standard InChI is InChI=1S/C22H19N4/c1-24-11-9-19(18-8-7-16-5-3-4-6-17(16)13-18)14-20(24)21-15-26-12-10-23-22(26)25(21)2/h3-15H,1-2H3/q+1. The third-order valence-electron chi connectivity index (χ3n) is 5.07. The van der Waals surface area contributed by atoms with Crippen LogP contribution in [0.3, 0.4) is 0 Å². The third-order valence-corrected chi connectivity index (χ3v) is 5.07. The van der Waals surface area contributed by atoms with Gasteiger partial charge in [0, 0.05) is 37.8 Å². The Morgan fingerprint density at radius 2 is 1.73 bits per heavy atom. The van der Waals surface area contributed by atoms with Gasteiger partial charge < -0.3 is 4.57 Å². The summed E-state index contributed by atoms with van der Waals surface area (Å²) in [4.78, 5) is 4.43. The number of rotatable bonds is 2. The molecular formula is C22H19N4+.